The van der Waals surface area contributed by atoms with Crippen molar-refractivity contribution >= 4 is 39.1 Å². The largest absolute Gasteiger partial charge is 0.350 e. The molecule has 1 heterocycles. The molecule has 1 amide bonds. The van der Waals surface area contributed by atoms with E-state index in [9.17, 15) is 13.2 Å². The second-order valence-electron chi connectivity index (χ2n) is 5.32. The van der Waals surface area contributed by atoms with Gasteiger partial charge in [0, 0.05) is 4.90 Å². The zero-order valence-corrected chi connectivity index (χ0v) is 14.3. The zero-order valence-electron chi connectivity index (χ0n) is 11.9. The van der Waals surface area contributed by atoms with Crippen molar-refractivity contribution in [3.8, 4) is 0 Å². The number of hydrogen-bond acceptors (Lipinski definition) is 4. The van der Waals surface area contributed by atoms with Gasteiger partial charge in [-0.2, -0.15) is 0 Å². The van der Waals surface area contributed by atoms with Gasteiger partial charge in [0.05, 0.1) is 28.7 Å². The van der Waals surface area contributed by atoms with E-state index in [4.69, 9.17) is 11.6 Å². The standard InChI is InChI=1S/C14H18ClNO3S2/c1-9-3-4-13(10(2)5-9)20-6-14(17)16-12-8-21(18,19)7-11(12)15/h3-5,11-12H,6-8H2,1-2H3,(H,16,17)/t11-,12+/m0/s1. The molecular formula is C14H18ClNO3S2. The molecule has 21 heavy (non-hydrogen) atoms. The van der Waals surface area contributed by atoms with E-state index in [1.807, 2.05) is 26.0 Å². The molecule has 2 atom stereocenters. The molecule has 0 aliphatic carbocycles. The summed E-state index contributed by atoms with van der Waals surface area (Å²) in [5.74, 6) is -0.0673. The van der Waals surface area contributed by atoms with Gasteiger partial charge in [0.2, 0.25) is 5.91 Å². The summed E-state index contributed by atoms with van der Waals surface area (Å²) >= 11 is 7.41. The molecule has 1 fully saturated rings. The van der Waals surface area contributed by atoms with Crippen LogP contribution < -0.4 is 5.32 Å². The zero-order chi connectivity index (χ0) is 15.6. The first-order chi connectivity index (χ1) is 9.77. The summed E-state index contributed by atoms with van der Waals surface area (Å²) < 4.78 is 22.9. The number of thioether (sulfide) groups is 1. The van der Waals surface area contributed by atoms with Crippen LogP contribution in [-0.4, -0.2) is 43.0 Å². The molecule has 1 aliphatic rings. The van der Waals surface area contributed by atoms with Crippen LogP contribution in [0.2, 0.25) is 0 Å². The van der Waals surface area contributed by atoms with Crippen LogP contribution in [0.1, 0.15) is 11.1 Å². The normalized spacial score (nSPS) is 24.0. The summed E-state index contributed by atoms with van der Waals surface area (Å²) in [6.07, 6.45) is 0. The summed E-state index contributed by atoms with van der Waals surface area (Å²) in [6.45, 7) is 4.03. The smallest absolute Gasteiger partial charge is 0.230 e. The van der Waals surface area contributed by atoms with E-state index in [1.165, 1.54) is 17.3 Å². The van der Waals surface area contributed by atoms with Crippen LogP contribution in [0.15, 0.2) is 23.1 Å². The fourth-order valence-electron chi connectivity index (χ4n) is 2.29. The summed E-state index contributed by atoms with van der Waals surface area (Å²) in [5, 5.41) is 2.18. The van der Waals surface area contributed by atoms with Crippen molar-refractivity contribution in [1.82, 2.24) is 5.32 Å². The molecule has 0 bridgehead atoms. The van der Waals surface area contributed by atoms with Gasteiger partial charge in [0.1, 0.15) is 0 Å². The highest BCUT2D eigenvalue weighted by Gasteiger charge is 2.37. The Labute approximate surface area is 134 Å². The van der Waals surface area contributed by atoms with E-state index in [0.29, 0.717) is 0 Å². The van der Waals surface area contributed by atoms with E-state index in [0.717, 1.165) is 10.5 Å². The number of carbonyl (C=O) groups is 1. The van der Waals surface area contributed by atoms with Gasteiger partial charge in [-0.25, -0.2) is 8.42 Å². The number of halogens is 1. The van der Waals surface area contributed by atoms with Gasteiger partial charge in [-0.1, -0.05) is 17.7 Å². The molecule has 0 aromatic heterocycles. The molecule has 7 heteroatoms. The summed E-state index contributed by atoms with van der Waals surface area (Å²) in [7, 11) is -3.12. The van der Waals surface area contributed by atoms with E-state index in [1.54, 1.807) is 0 Å². The highest BCUT2D eigenvalue weighted by molar-refractivity contribution is 8.00. The van der Waals surface area contributed by atoms with Crippen LogP contribution in [0, 0.1) is 13.8 Å². The van der Waals surface area contributed by atoms with Gasteiger partial charge in [-0.15, -0.1) is 23.4 Å². The third kappa shape index (κ3) is 4.63. The number of alkyl halides is 1. The summed E-state index contributed by atoms with van der Waals surface area (Å²) in [6, 6.07) is 5.58. The number of sulfone groups is 1. The maximum atomic E-state index is 11.9. The Bertz CT molecular complexity index is 646. The average molecular weight is 348 g/mol. The molecule has 116 valence electrons. The third-order valence-corrected chi connectivity index (χ3v) is 6.87. The number of benzene rings is 1. The van der Waals surface area contributed by atoms with Crippen LogP contribution in [0.3, 0.4) is 0 Å². The van der Waals surface area contributed by atoms with Gasteiger partial charge < -0.3 is 5.32 Å². The summed E-state index contributed by atoms with van der Waals surface area (Å²) in [4.78, 5) is 13.0. The molecule has 4 nitrogen and oxygen atoms in total. The lowest BCUT2D eigenvalue weighted by Crippen LogP contribution is -2.41. The fourth-order valence-corrected chi connectivity index (χ4v) is 5.66. The van der Waals surface area contributed by atoms with Crippen LogP contribution in [-0.2, 0) is 14.6 Å². The highest BCUT2D eigenvalue weighted by Crippen LogP contribution is 2.23. The fraction of sp³-hybridized carbons (Fsp3) is 0.500. The SMILES string of the molecule is Cc1ccc(SCC(=O)N[C@@H]2CS(=O)(=O)C[C@@H]2Cl)c(C)c1. The molecule has 1 saturated heterocycles. The maximum absolute atomic E-state index is 11.9. The number of nitrogens with one attached hydrogen (secondary N) is 1. The van der Waals surface area contributed by atoms with E-state index in [-0.39, 0.29) is 23.2 Å². The second-order valence-corrected chi connectivity index (χ2v) is 9.06. The van der Waals surface area contributed by atoms with E-state index >= 15 is 0 Å². The minimum atomic E-state index is -3.12. The first-order valence-corrected chi connectivity index (χ1v) is 9.85. The second kappa shape index (κ2) is 6.58. The van der Waals surface area contributed by atoms with Crippen molar-refractivity contribution in [2.45, 2.75) is 30.2 Å². The molecule has 1 aliphatic heterocycles. The van der Waals surface area contributed by atoms with E-state index < -0.39 is 21.3 Å². The predicted octanol–water partition coefficient (Wildman–Crippen LogP) is 1.92. The van der Waals surface area contributed by atoms with E-state index in [2.05, 4.69) is 11.4 Å². The predicted molar refractivity (Wildman–Crippen MR) is 86.9 cm³/mol. The van der Waals surface area contributed by atoms with Crippen molar-refractivity contribution in [2.24, 2.45) is 0 Å². The minimum Gasteiger partial charge on any atom is -0.350 e. The van der Waals surface area contributed by atoms with Gasteiger partial charge in [0.15, 0.2) is 9.84 Å². The van der Waals surface area contributed by atoms with Gasteiger partial charge in [-0.3, -0.25) is 4.79 Å². The van der Waals surface area contributed by atoms with Crippen molar-refractivity contribution in [3.05, 3.63) is 29.3 Å². The molecule has 2 rings (SSSR count). The Morgan fingerprint density at radius 2 is 2.10 bits per heavy atom. The van der Waals surface area contributed by atoms with Crippen LogP contribution >= 0.6 is 23.4 Å². The Morgan fingerprint density at radius 1 is 1.38 bits per heavy atom. The minimum absolute atomic E-state index is 0.0658. The quantitative estimate of drug-likeness (QED) is 0.667. The molecule has 1 aromatic carbocycles. The lowest BCUT2D eigenvalue weighted by atomic mass is 10.2. The lowest BCUT2D eigenvalue weighted by Gasteiger charge is -2.14. The van der Waals surface area contributed by atoms with Crippen molar-refractivity contribution in [1.29, 1.82) is 0 Å². The third-order valence-electron chi connectivity index (χ3n) is 3.32. The number of rotatable bonds is 4. The number of amides is 1. The first kappa shape index (κ1) is 16.6. The molecule has 0 saturated carbocycles. The molecular weight excluding hydrogens is 330 g/mol. The van der Waals surface area contributed by atoms with Crippen LogP contribution in [0.5, 0.6) is 0 Å². The lowest BCUT2D eigenvalue weighted by molar-refractivity contribution is -0.119. The number of aryl methyl sites for hydroxylation is 2. The molecule has 0 radical (unpaired) electrons. The van der Waals surface area contributed by atoms with Gasteiger partial charge >= 0.3 is 0 Å². The molecule has 0 spiro atoms. The number of carbonyl (C=O) groups excluding carboxylic acids is 1. The Balaban J connectivity index is 1.88. The van der Waals surface area contributed by atoms with Crippen molar-refractivity contribution < 1.29 is 13.2 Å². The highest BCUT2D eigenvalue weighted by atomic mass is 35.5. The Kier molecular flexibility index (Phi) is 5.22. The Morgan fingerprint density at radius 3 is 2.67 bits per heavy atom. The molecule has 0 unspecified atom stereocenters. The summed E-state index contributed by atoms with van der Waals surface area (Å²) in [5.41, 5.74) is 2.31. The van der Waals surface area contributed by atoms with Crippen molar-refractivity contribution in [2.75, 3.05) is 17.3 Å². The Hall–Kier alpha value is -0.720. The molecule has 1 aromatic rings. The average Bonchev–Trinajstić information content (AvgIpc) is 2.61. The molecule has 1 N–H and O–H groups in total. The van der Waals surface area contributed by atoms with Gasteiger partial charge in [0.25, 0.3) is 0 Å². The monoisotopic (exact) mass is 347 g/mol. The first-order valence-electron chi connectivity index (χ1n) is 6.61. The van der Waals surface area contributed by atoms with Crippen LogP contribution in [0.4, 0.5) is 0 Å². The van der Waals surface area contributed by atoms with Gasteiger partial charge in [-0.05, 0) is 25.5 Å². The maximum Gasteiger partial charge on any atom is 0.230 e. The number of hydrogen-bond donors (Lipinski definition) is 1. The topological polar surface area (TPSA) is 63.2 Å². The van der Waals surface area contributed by atoms with Crippen molar-refractivity contribution in [3.63, 3.8) is 0 Å². The van der Waals surface area contributed by atoms with Crippen LogP contribution in [0.25, 0.3) is 0 Å².